The van der Waals surface area contributed by atoms with Gasteiger partial charge in [-0.1, -0.05) is 132 Å². The van der Waals surface area contributed by atoms with Gasteiger partial charge in [-0.25, -0.2) is 0 Å². The van der Waals surface area contributed by atoms with E-state index in [-0.39, 0.29) is 23.6 Å². The molecule has 1 atom stereocenters. The number of anilines is 8. The van der Waals surface area contributed by atoms with Gasteiger partial charge in [0.2, 0.25) is 0 Å². The first-order chi connectivity index (χ1) is 29.0. The van der Waals surface area contributed by atoms with Gasteiger partial charge in [0, 0.05) is 39.8 Å². The summed E-state index contributed by atoms with van der Waals surface area (Å²) in [5.74, 6) is 0. The van der Waals surface area contributed by atoms with E-state index < -0.39 is 0 Å². The molecule has 0 aromatic heterocycles. The van der Waals surface area contributed by atoms with Crippen molar-refractivity contribution in [3.63, 3.8) is 0 Å². The predicted octanol–water partition coefficient (Wildman–Crippen LogP) is 12.7. The lowest BCUT2D eigenvalue weighted by Crippen LogP contribution is -2.62. The molecule has 0 saturated carbocycles. The first-order valence-electron chi connectivity index (χ1n) is 22.2. The minimum Gasteiger partial charge on any atom is -0.335 e. The van der Waals surface area contributed by atoms with Crippen molar-refractivity contribution in [1.82, 2.24) is 0 Å². The number of hydrogen-bond acceptors (Lipinski definition) is 3. The molecule has 0 bridgehead atoms. The van der Waals surface area contributed by atoms with Crippen LogP contribution in [0.1, 0.15) is 86.9 Å². The Morgan fingerprint density at radius 2 is 1.22 bits per heavy atom. The third-order valence-electron chi connectivity index (χ3n) is 13.9. The summed E-state index contributed by atoms with van der Waals surface area (Å²) in [6, 6.07) is 58.2. The molecule has 1 unspecified atom stereocenters. The van der Waals surface area contributed by atoms with Crippen LogP contribution in [0.15, 0.2) is 152 Å². The molecule has 3 nitrogen and oxygen atoms in total. The van der Waals surface area contributed by atoms with Crippen LogP contribution in [0.5, 0.6) is 0 Å². The minimum atomic E-state index is 0.00275. The van der Waals surface area contributed by atoms with E-state index in [0.717, 1.165) is 42.7 Å². The number of hydrogen-bond donors (Lipinski definition) is 0. The van der Waals surface area contributed by atoms with Gasteiger partial charge in [0.1, 0.15) is 0 Å². The Bertz CT molecular complexity index is 2760. The summed E-state index contributed by atoms with van der Waals surface area (Å²) in [7, 11) is 0. The Morgan fingerprint density at radius 1 is 0.583 bits per heavy atom. The van der Waals surface area contributed by atoms with Crippen LogP contribution in [-0.2, 0) is 24.7 Å². The van der Waals surface area contributed by atoms with Crippen molar-refractivity contribution >= 4 is 68.6 Å². The molecule has 296 valence electrons. The summed E-state index contributed by atoms with van der Waals surface area (Å²) >= 11 is 0. The van der Waals surface area contributed by atoms with Gasteiger partial charge in [0.05, 0.1) is 11.7 Å². The van der Waals surface area contributed by atoms with E-state index in [1.165, 1.54) is 84.6 Å². The van der Waals surface area contributed by atoms with Gasteiger partial charge in [-0.05, 0) is 154 Å². The van der Waals surface area contributed by atoms with Crippen molar-refractivity contribution in [3.05, 3.63) is 185 Å². The van der Waals surface area contributed by atoms with Crippen molar-refractivity contribution in [2.45, 2.75) is 85.1 Å². The smallest absolute Gasteiger partial charge is 0.252 e. The second-order valence-electron chi connectivity index (χ2n) is 19.7. The highest BCUT2D eigenvalue weighted by Gasteiger charge is 2.47. The van der Waals surface area contributed by atoms with Gasteiger partial charge in [-0.15, -0.1) is 0 Å². The predicted molar refractivity (Wildman–Crippen MR) is 256 cm³/mol. The first kappa shape index (κ1) is 37.0. The zero-order valence-corrected chi connectivity index (χ0v) is 36.0. The molecule has 2 aliphatic heterocycles. The van der Waals surface area contributed by atoms with Crippen LogP contribution < -0.4 is 31.1 Å². The third kappa shape index (κ3) is 5.93. The van der Waals surface area contributed by atoms with E-state index in [0.29, 0.717) is 0 Å². The second-order valence-corrected chi connectivity index (χ2v) is 19.7. The molecule has 60 heavy (non-hydrogen) atoms. The molecular weight excluding hydrogens is 725 g/mol. The van der Waals surface area contributed by atoms with Crippen LogP contribution in [0.2, 0.25) is 0 Å². The van der Waals surface area contributed by atoms with E-state index in [4.69, 9.17) is 0 Å². The maximum Gasteiger partial charge on any atom is 0.252 e. The summed E-state index contributed by atoms with van der Waals surface area (Å²) in [6.07, 6.45) is 5.59. The summed E-state index contributed by atoms with van der Waals surface area (Å²) < 4.78 is 0. The van der Waals surface area contributed by atoms with Crippen LogP contribution in [0, 0.1) is 12.3 Å². The fourth-order valence-electron chi connectivity index (χ4n) is 11.2. The van der Waals surface area contributed by atoms with Crippen molar-refractivity contribution in [2.75, 3.05) is 14.7 Å². The Morgan fingerprint density at radius 3 is 1.93 bits per heavy atom. The largest absolute Gasteiger partial charge is 0.335 e. The van der Waals surface area contributed by atoms with E-state index >= 15 is 0 Å². The van der Waals surface area contributed by atoms with Crippen molar-refractivity contribution in [1.29, 1.82) is 0 Å². The lowest BCUT2D eigenvalue weighted by molar-refractivity contribution is 0.392. The molecule has 0 N–H and O–H groups in total. The molecule has 0 radical (unpaired) electrons. The molecule has 11 rings (SSSR count). The fraction of sp³-hybridized carbons (Fsp3) is 0.250. The highest BCUT2D eigenvalue weighted by atomic mass is 15.2. The Labute approximate surface area is 357 Å². The number of rotatable bonds is 5. The highest BCUT2D eigenvalue weighted by Crippen LogP contribution is 2.51. The lowest BCUT2D eigenvalue weighted by atomic mass is 9.33. The fourth-order valence-corrected chi connectivity index (χ4v) is 11.2. The Hall–Kier alpha value is -6.00. The Balaban J connectivity index is 1.28. The van der Waals surface area contributed by atoms with E-state index in [1.807, 2.05) is 0 Å². The van der Waals surface area contributed by atoms with Gasteiger partial charge < -0.3 is 14.7 Å². The quantitative estimate of drug-likeness (QED) is 0.161. The average molecular weight is 780 g/mol. The van der Waals surface area contributed by atoms with Gasteiger partial charge in [0.25, 0.3) is 6.71 Å². The molecule has 7 aromatic rings. The van der Waals surface area contributed by atoms with Crippen molar-refractivity contribution < 1.29 is 0 Å². The SMILES string of the molecule is Cc1ccccc1N1c2cc3c(cc2B2c4cc(C(C)(C)C)ccc4N(C4CCCc5ccccc54)c4cc(N(c5ccccc5)c5ccccc5)cc1c42)CC(C)(C)C3. The average Bonchev–Trinajstić information content (AvgIpc) is 3.56. The van der Waals surface area contributed by atoms with Gasteiger partial charge in [-0.3, -0.25) is 0 Å². The molecule has 0 saturated heterocycles. The molecular formula is C56H54BN3. The molecule has 2 heterocycles. The second kappa shape index (κ2) is 13.8. The zero-order valence-electron chi connectivity index (χ0n) is 36.0. The third-order valence-corrected chi connectivity index (χ3v) is 13.9. The molecule has 2 aliphatic carbocycles. The topological polar surface area (TPSA) is 9.72 Å². The molecule has 0 fully saturated rings. The maximum atomic E-state index is 2.78. The lowest BCUT2D eigenvalue weighted by Gasteiger charge is -2.48. The van der Waals surface area contributed by atoms with Gasteiger partial charge >= 0.3 is 0 Å². The number of aryl methyl sites for hydroxylation is 2. The van der Waals surface area contributed by atoms with Gasteiger partial charge in [-0.2, -0.15) is 0 Å². The summed E-state index contributed by atoms with van der Waals surface area (Å²) in [6.45, 7) is 14.3. The number of fused-ring (bicyclic) bond motifs is 6. The zero-order chi connectivity index (χ0) is 40.9. The normalized spacial score (nSPS) is 17.0. The number of nitrogens with zero attached hydrogens (tertiary/aromatic N) is 3. The number of para-hydroxylation sites is 3. The highest BCUT2D eigenvalue weighted by molar-refractivity contribution is 7.00. The molecule has 0 amide bonds. The summed E-state index contributed by atoms with van der Waals surface area (Å²) in [5.41, 5.74) is 23.0. The minimum absolute atomic E-state index is 0.00275. The van der Waals surface area contributed by atoms with E-state index in [9.17, 15) is 0 Å². The van der Waals surface area contributed by atoms with Crippen LogP contribution in [0.25, 0.3) is 0 Å². The van der Waals surface area contributed by atoms with Gasteiger partial charge in [0.15, 0.2) is 0 Å². The molecule has 4 aliphatic rings. The van der Waals surface area contributed by atoms with E-state index in [1.54, 1.807) is 0 Å². The molecule has 4 heteroatoms. The van der Waals surface area contributed by atoms with Crippen molar-refractivity contribution in [2.24, 2.45) is 5.41 Å². The molecule has 7 aromatic carbocycles. The van der Waals surface area contributed by atoms with Crippen LogP contribution in [0.4, 0.5) is 45.5 Å². The number of benzene rings is 7. The maximum absolute atomic E-state index is 2.78. The molecule has 0 spiro atoms. The summed E-state index contributed by atoms with van der Waals surface area (Å²) in [5, 5.41) is 0. The van der Waals surface area contributed by atoms with Crippen LogP contribution in [-0.4, -0.2) is 6.71 Å². The first-order valence-corrected chi connectivity index (χ1v) is 22.2. The Kier molecular flexibility index (Phi) is 8.50. The van der Waals surface area contributed by atoms with Crippen LogP contribution in [0.3, 0.4) is 0 Å². The van der Waals surface area contributed by atoms with Crippen LogP contribution >= 0.6 is 0 Å². The summed E-state index contributed by atoms with van der Waals surface area (Å²) in [4.78, 5) is 7.90. The standard InChI is InChI=1S/C56H54BN3/c1-37-18-13-16-26-48(37)59-51-31-40-36-56(5,6)35-39(40)30-46(51)57-47-32-41(55(2,3)4)28-29-50(47)60(49-27-17-20-38-19-14-15-25-45(38)49)53-34-44(33-52(59)54(53)57)58(42-21-9-7-10-22-42)43-23-11-8-12-24-43/h7-16,18-19,21-26,28-34,49H,17,20,27,35-36H2,1-6H3. The van der Waals surface area contributed by atoms with E-state index in [2.05, 4.69) is 208 Å². The van der Waals surface area contributed by atoms with Crippen molar-refractivity contribution in [3.8, 4) is 0 Å². The monoisotopic (exact) mass is 779 g/mol.